The molecule has 0 amide bonds. The molecule has 0 spiro atoms. The van der Waals surface area contributed by atoms with Crippen molar-refractivity contribution in [2.75, 3.05) is 37.3 Å². The molecule has 0 saturated carbocycles. The predicted molar refractivity (Wildman–Crippen MR) is 108 cm³/mol. The number of hydrogen-bond donors (Lipinski definition) is 0. The Kier molecular flexibility index (Phi) is 5.78. The van der Waals surface area contributed by atoms with Crippen LogP contribution in [0.2, 0.25) is 0 Å². The maximum Gasteiger partial charge on any atom is 0.205 e. The van der Waals surface area contributed by atoms with E-state index >= 15 is 0 Å². The highest BCUT2D eigenvalue weighted by Gasteiger charge is 2.27. The average molecular weight is 391 g/mol. The first-order chi connectivity index (χ1) is 12.7. The smallest absolute Gasteiger partial charge is 0.205 e. The van der Waals surface area contributed by atoms with Crippen LogP contribution in [0.3, 0.4) is 0 Å². The van der Waals surface area contributed by atoms with Gasteiger partial charge in [0.15, 0.2) is 10.7 Å². The molecule has 1 unspecified atom stereocenters. The van der Waals surface area contributed by atoms with Gasteiger partial charge in [-0.05, 0) is 62.1 Å². The lowest BCUT2D eigenvalue weighted by atomic mass is 10.0. The van der Waals surface area contributed by atoms with Gasteiger partial charge in [-0.15, -0.1) is 0 Å². The van der Waals surface area contributed by atoms with E-state index in [4.69, 9.17) is 4.98 Å². The number of piperidine rings is 2. The summed E-state index contributed by atoms with van der Waals surface area (Å²) in [5, 5.41) is 0.994. The summed E-state index contributed by atoms with van der Waals surface area (Å²) in [4.78, 5) is 10.6. The minimum absolute atomic E-state index is 0.703. The molecular weight excluding hydrogens is 364 g/mol. The standard InChI is InChI=1S/C19H26N4OS2/c1-26(24)17-8-4-3-7-16(17)18-20-19(25-21-18)23-13-9-15(10-14-23)22-11-5-2-6-12-22/h3-4,7-8,15H,2,5-6,9-14H2,1H3. The van der Waals surface area contributed by atoms with Crippen molar-refractivity contribution in [3.05, 3.63) is 24.3 Å². The number of aromatic nitrogens is 2. The molecule has 2 saturated heterocycles. The van der Waals surface area contributed by atoms with Crippen molar-refractivity contribution in [2.24, 2.45) is 0 Å². The fourth-order valence-electron chi connectivity index (χ4n) is 4.06. The number of hydrogen-bond acceptors (Lipinski definition) is 6. The minimum atomic E-state index is -1.04. The van der Waals surface area contributed by atoms with Gasteiger partial charge in [0.2, 0.25) is 5.13 Å². The first-order valence-corrected chi connectivity index (χ1v) is 11.8. The summed E-state index contributed by atoms with van der Waals surface area (Å²) in [7, 11) is 0. The van der Waals surface area contributed by atoms with Crippen molar-refractivity contribution in [1.82, 2.24) is 14.3 Å². The molecule has 4 rings (SSSR count). The molecule has 5 nitrogen and oxygen atoms in total. The van der Waals surface area contributed by atoms with Crippen LogP contribution >= 0.6 is 11.5 Å². The van der Waals surface area contributed by atoms with Crippen molar-refractivity contribution in [1.29, 1.82) is 0 Å². The van der Waals surface area contributed by atoms with E-state index in [1.165, 1.54) is 56.7 Å². The summed E-state index contributed by atoms with van der Waals surface area (Å²) in [5.41, 5.74) is 0.888. The Morgan fingerprint density at radius 1 is 1.08 bits per heavy atom. The van der Waals surface area contributed by atoms with E-state index in [1.54, 1.807) is 6.26 Å². The lowest BCUT2D eigenvalue weighted by Gasteiger charge is -2.40. The van der Waals surface area contributed by atoms with Crippen LogP contribution in [0.15, 0.2) is 29.2 Å². The van der Waals surface area contributed by atoms with Gasteiger partial charge >= 0.3 is 0 Å². The molecule has 2 aromatic rings. The molecule has 1 aromatic heterocycles. The Labute approximate surface area is 162 Å². The van der Waals surface area contributed by atoms with Gasteiger partial charge in [0, 0.05) is 30.7 Å². The SMILES string of the molecule is C[S+]([O-])c1ccccc1-c1nsc(N2CCC(N3CCCCC3)CC2)n1. The molecule has 0 aliphatic carbocycles. The highest BCUT2D eigenvalue weighted by molar-refractivity contribution is 7.90. The van der Waals surface area contributed by atoms with Crippen molar-refractivity contribution >= 4 is 27.8 Å². The summed E-state index contributed by atoms with van der Waals surface area (Å²) in [6.07, 6.45) is 8.25. The maximum atomic E-state index is 12.0. The van der Waals surface area contributed by atoms with Crippen LogP contribution in [0, 0.1) is 0 Å². The van der Waals surface area contributed by atoms with Crippen LogP contribution in [0.4, 0.5) is 5.13 Å². The largest absolute Gasteiger partial charge is 0.612 e. The summed E-state index contributed by atoms with van der Waals surface area (Å²) in [6, 6.07) is 8.47. The summed E-state index contributed by atoms with van der Waals surface area (Å²) in [6.45, 7) is 4.66. The third kappa shape index (κ3) is 3.91. The van der Waals surface area contributed by atoms with E-state index in [9.17, 15) is 4.55 Å². The molecule has 2 aliphatic rings. The average Bonchev–Trinajstić information content (AvgIpc) is 3.19. The normalized spacial score (nSPS) is 21.1. The van der Waals surface area contributed by atoms with Crippen LogP contribution in [-0.4, -0.2) is 57.3 Å². The zero-order chi connectivity index (χ0) is 17.9. The maximum absolute atomic E-state index is 12.0. The van der Waals surface area contributed by atoms with E-state index in [0.29, 0.717) is 5.82 Å². The van der Waals surface area contributed by atoms with Crippen LogP contribution in [0.25, 0.3) is 11.4 Å². The van der Waals surface area contributed by atoms with Crippen LogP contribution in [-0.2, 0) is 11.2 Å². The number of nitrogens with zero attached hydrogens (tertiary/aromatic N) is 4. The Morgan fingerprint density at radius 3 is 2.54 bits per heavy atom. The molecule has 3 heterocycles. The summed E-state index contributed by atoms with van der Waals surface area (Å²) < 4.78 is 16.5. The third-order valence-corrected chi connectivity index (χ3v) is 7.25. The molecular formula is C19H26N4OS2. The fourth-order valence-corrected chi connectivity index (χ4v) is 5.53. The summed E-state index contributed by atoms with van der Waals surface area (Å²) >= 11 is 0.422. The fraction of sp³-hybridized carbons (Fsp3) is 0.579. The molecule has 1 atom stereocenters. The zero-order valence-corrected chi connectivity index (χ0v) is 16.9. The Morgan fingerprint density at radius 2 is 1.81 bits per heavy atom. The quantitative estimate of drug-likeness (QED) is 0.749. The Hall–Kier alpha value is -1.15. The highest BCUT2D eigenvalue weighted by atomic mass is 32.2. The molecule has 2 fully saturated rings. The van der Waals surface area contributed by atoms with Gasteiger partial charge < -0.3 is 14.4 Å². The highest BCUT2D eigenvalue weighted by Crippen LogP contribution is 2.31. The first kappa shape index (κ1) is 18.2. The van der Waals surface area contributed by atoms with Crippen molar-refractivity contribution in [3.63, 3.8) is 0 Å². The minimum Gasteiger partial charge on any atom is -0.612 e. The van der Waals surface area contributed by atoms with Crippen LogP contribution in [0.1, 0.15) is 32.1 Å². The molecule has 140 valence electrons. The lowest BCUT2D eigenvalue weighted by Crippen LogP contribution is -2.46. The number of rotatable bonds is 4. The zero-order valence-electron chi connectivity index (χ0n) is 15.3. The number of likely N-dealkylation sites (tertiary alicyclic amines) is 1. The molecule has 2 aliphatic heterocycles. The first-order valence-electron chi connectivity index (χ1n) is 9.48. The van der Waals surface area contributed by atoms with Gasteiger partial charge in [0.05, 0.1) is 5.56 Å². The van der Waals surface area contributed by atoms with Crippen LogP contribution in [0.5, 0.6) is 0 Å². The molecule has 0 bridgehead atoms. The predicted octanol–water partition coefficient (Wildman–Crippen LogP) is 3.40. The van der Waals surface area contributed by atoms with Crippen LogP contribution < -0.4 is 4.90 Å². The molecule has 1 aromatic carbocycles. The Bertz CT molecular complexity index is 722. The Balaban J connectivity index is 1.43. The van der Waals surface area contributed by atoms with Gasteiger partial charge in [-0.3, -0.25) is 0 Å². The molecule has 0 radical (unpaired) electrons. The van der Waals surface area contributed by atoms with Crippen molar-refractivity contribution in [2.45, 2.75) is 43.0 Å². The molecule has 0 N–H and O–H groups in total. The molecule has 26 heavy (non-hydrogen) atoms. The van der Waals surface area contributed by atoms with Gasteiger partial charge in [-0.2, -0.15) is 9.36 Å². The van der Waals surface area contributed by atoms with Gasteiger partial charge in [0.25, 0.3) is 0 Å². The van der Waals surface area contributed by atoms with Gasteiger partial charge in [0.1, 0.15) is 6.26 Å². The summed E-state index contributed by atoms with van der Waals surface area (Å²) in [5.74, 6) is 0.703. The van der Waals surface area contributed by atoms with Gasteiger partial charge in [-0.1, -0.05) is 18.6 Å². The van der Waals surface area contributed by atoms with E-state index in [-0.39, 0.29) is 0 Å². The monoisotopic (exact) mass is 390 g/mol. The van der Waals surface area contributed by atoms with E-state index in [1.807, 2.05) is 24.3 Å². The topological polar surface area (TPSA) is 55.3 Å². The second-order valence-electron chi connectivity index (χ2n) is 7.17. The lowest BCUT2D eigenvalue weighted by molar-refractivity contribution is 0.141. The third-order valence-electron chi connectivity index (χ3n) is 5.50. The molecule has 7 heteroatoms. The second-order valence-corrected chi connectivity index (χ2v) is 9.24. The van der Waals surface area contributed by atoms with E-state index < -0.39 is 11.2 Å². The second kappa shape index (κ2) is 8.25. The van der Waals surface area contributed by atoms with Crippen molar-refractivity contribution < 1.29 is 4.55 Å². The number of anilines is 1. The van der Waals surface area contributed by atoms with E-state index in [2.05, 4.69) is 14.2 Å². The van der Waals surface area contributed by atoms with Gasteiger partial charge in [-0.25, -0.2) is 0 Å². The van der Waals surface area contributed by atoms with Crippen molar-refractivity contribution in [3.8, 4) is 11.4 Å². The number of benzene rings is 1. The van der Waals surface area contributed by atoms with E-state index in [0.717, 1.165) is 34.7 Å².